The Morgan fingerprint density at radius 3 is 2.50 bits per heavy atom. The van der Waals surface area contributed by atoms with Gasteiger partial charge in [0.2, 0.25) is 0 Å². The van der Waals surface area contributed by atoms with Crippen LogP contribution in [0.25, 0.3) is 16.6 Å². The quantitative estimate of drug-likeness (QED) is 0.737. The standard InChI is InChI=1S/C13H12N4O3/c1-2-20-9-5-3-8(4-6-9)17-7-10-11(16-17)13(19)15-14-12(10)18/h3-7H,2H2,1H3,(H,14,18)(H,15,19). The van der Waals surface area contributed by atoms with E-state index in [1.165, 1.54) is 10.9 Å². The van der Waals surface area contributed by atoms with Crippen LogP contribution in [0, 0.1) is 0 Å². The Kier molecular flexibility index (Phi) is 2.86. The lowest BCUT2D eigenvalue weighted by Gasteiger charge is -2.04. The van der Waals surface area contributed by atoms with Gasteiger partial charge in [0.05, 0.1) is 17.7 Å². The summed E-state index contributed by atoms with van der Waals surface area (Å²) in [6.07, 6.45) is 1.53. The highest BCUT2D eigenvalue weighted by molar-refractivity contribution is 5.76. The van der Waals surface area contributed by atoms with Crippen molar-refractivity contribution in [1.82, 2.24) is 20.0 Å². The minimum atomic E-state index is -0.427. The van der Waals surface area contributed by atoms with Crippen LogP contribution in [0.3, 0.4) is 0 Å². The van der Waals surface area contributed by atoms with Crippen LogP contribution in [0.2, 0.25) is 0 Å². The number of rotatable bonds is 3. The van der Waals surface area contributed by atoms with Crippen molar-refractivity contribution >= 4 is 10.9 Å². The molecular formula is C13H12N4O3. The number of nitrogens with one attached hydrogen (secondary N) is 2. The number of ether oxygens (including phenoxy) is 1. The molecule has 1 aromatic carbocycles. The first kappa shape index (κ1) is 12.2. The topological polar surface area (TPSA) is 92.8 Å². The third kappa shape index (κ3) is 1.99. The van der Waals surface area contributed by atoms with Gasteiger partial charge in [0.25, 0.3) is 11.1 Å². The average Bonchev–Trinajstić information content (AvgIpc) is 2.91. The summed E-state index contributed by atoms with van der Waals surface area (Å²) < 4.78 is 6.85. The predicted octanol–water partition coefficient (Wildman–Crippen LogP) is 0.801. The van der Waals surface area contributed by atoms with Crippen LogP contribution in [-0.2, 0) is 0 Å². The Labute approximate surface area is 112 Å². The molecule has 0 radical (unpaired) electrons. The summed E-state index contributed by atoms with van der Waals surface area (Å²) in [4.78, 5) is 23.2. The molecule has 0 saturated carbocycles. The highest BCUT2D eigenvalue weighted by atomic mass is 16.5. The lowest BCUT2D eigenvalue weighted by molar-refractivity contribution is 0.340. The number of benzene rings is 1. The molecule has 3 rings (SSSR count). The lowest BCUT2D eigenvalue weighted by Crippen LogP contribution is -2.18. The Bertz CT molecular complexity index is 811. The van der Waals surface area contributed by atoms with E-state index in [-0.39, 0.29) is 16.5 Å². The SMILES string of the molecule is CCOc1ccc(-n2cc3c(=O)[nH][nH]c(=O)c3n2)cc1. The summed E-state index contributed by atoms with van der Waals surface area (Å²) in [5.74, 6) is 0.753. The first-order chi connectivity index (χ1) is 9.69. The molecule has 0 fully saturated rings. The Morgan fingerprint density at radius 1 is 1.15 bits per heavy atom. The van der Waals surface area contributed by atoms with Crippen LogP contribution in [0.15, 0.2) is 40.1 Å². The molecular weight excluding hydrogens is 260 g/mol. The smallest absolute Gasteiger partial charge is 0.291 e. The number of fused-ring (bicyclic) bond motifs is 1. The van der Waals surface area contributed by atoms with E-state index in [4.69, 9.17) is 4.74 Å². The minimum absolute atomic E-state index is 0.114. The number of hydrogen-bond donors (Lipinski definition) is 2. The minimum Gasteiger partial charge on any atom is -0.494 e. The second kappa shape index (κ2) is 4.69. The van der Waals surface area contributed by atoms with Gasteiger partial charge in [0, 0.05) is 6.20 Å². The summed E-state index contributed by atoms with van der Waals surface area (Å²) in [6.45, 7) is 2.50. The van der Waals surface area contributed by atoms with Crippen molar-refractivity contribution in [3.8, 4) is 11.4 Å². The second-order valence-electron chi connectivity index (χ2n) is 4.17. The molecule has 7 heteroatoms. The molecule has 0 aliphatic rings. The summed E-state index contributed by atoms with van der Waals surface area (Å²) >= 11 is 0. The number of nitrogens with zero attached hydrogens (tertiary/aromatic N) is 2. The van der Waals surface area contributed by atoms with Crippen molar-refractivity contribution in [3.63, 3.8) is 0 Å². The molecule has 2 heterocycles. The molecule has 2 N–H and O–H groups in total. The van der Waals surface area contributed by atoms with Crippen molar-refractivity contribution in [3.05, 3.63) is 51.2 Å². The Balaban J connectivity index is 2.10. The van der Waals surface area contributed by atoms with Crippen LogP contribution >= 0.6 is 0 Å². The van der Waals surface area contributed by atoms with Crippen LogP contribution in [0.1, 0.15) is 6.92 Å². The predicted molar refractivity (Wildman–Crippen MR) is 73.5 cm³/mol. The van der Waals surface area contributed by atoms with Crippen LogP contribution in [0.4, 0.5) is 0 Å². The third-order valence-electron chi connectivity index (χ3n) is 2.88. The van der Waals surface area contributed by atoms with E-state index in [0.717, 1.165) is 11.4 Å². The molecule has 0 saturated heterocycles. The van der Waals surface area contributed by atoms with Crippen LogP contribution in [0.5, 0.6) is 5.75 Å². The van der Waals surface area contributed by atoms with Crippen molar-refractivity contribution in [2.24, 2.45) is 0 Å². The second-order valence-corrected chi connectivity index (χ2v) is 4.17. The molecule has 0 aliphatic heterocycles. The fourth-order valence-electron chi connectivity index (χ4n) is 1.94. The normalized spacial score (nSPS) is 10.8. The van der Waals surface area contributed by atoms with E-state index >= 15 is 0 Å². The van der Waals surface area contributed by atoms with Gasteiger partial charge >= 0.3 is 0 Å². The van der Waals surface area contributed by atoms with E-state index in [0.29, 0.717) is 6.61 Å². The first-order valence-corrected chi connectivity index (χ1v) is 6.12. The number of H-pyrrole nitrogens is 2. The molecule has 20 heavy (non-hydrogen) atoms. The maximum absolute atomic E-state index is 11.6. The van der Waals surface area contributed by atoms with Gasteiger partial charge in [-0.05, 0) is 31.2 Å². The van der Waals surface area contributed by atoms with E-state index in [1.807, 2.05) is 6.92 Å². The largest absolute Gasteiger partial charge is 0.494 e. The van der Waals surface area contributed by atoms with Crippen molar-refractivity contribution < 1.29 is 4.74 Å². The lowest BCUT2D eigenvalue weighted by atomic mass is 10.3. The molecule has 7 nitrogen and oxygen atoms in total. The van der Waals surface area contributed by atoms with Gasteiger partial charge in [0.15, 0.2) is 5.52 Å². The molecule has 0 atom stereocenters. The van der Waals surface area contributed by atoms with Gasteiger partial charge in [-0.15, -0.1) is 0 Å². The van der Waals surface area contributed by atoms with Gasteiger partial charge < -0.3 is 4.74 Å². The van der Waals surface area contributed by atoms with Gasteiger partial charge in [0.1, 0.15) is 5.75 Å². The molecule has 3 aromatic rings. The fourth-order valence-corrected chi connectivity index (χ4v) is 1.94. The Morgan fingerprint density at radius 2 is 1.85 bits per heavy atom. The average molecular weight is 272 g/mol. The van der Waals surface area contributed by atoms with E-state index in [1.54, 1.807) is 24.3 Å². The summed E-state index contributed by atoms with van der Waals surface area (Å²) in [5.41, 5.74) is 0.0483. The van der Waals surface area contributed by atoms with E-state index in [2.05, 4.69) is 15.3 Å². The summed E-state index contributed by atoms with van der Waals surface area (Å²) in [7, 11) is 0. The maximum atomic E-state index is 11.6. The molecule has 0 spiro atoms. The van der Waals surface area contributed by atoms with Gasteiger partial charge in [-0.1, -0.05) is 0 Å². The zero-order valence-electron chi connectivity index (χ0n) is 10.7. The zero-order valence-corrected chi connectivity index (χ0v) is 10.7. The summed E-state index contributed by atoms with van der Waals surface area (Å²) in [6, 6.07) is 7.22. The molecule has 0 unspecified atom stereocenters. The highest BCUT2D eigenvalue weighted by Gasteiger charge is 2.09. The molecule has 2 aromatic heterocycles. The fraction of sp³-hybridized carbons (Fsp3) is 0.154. The highest BCUT2D eigenvalue weighted by Crippen LogP contribution is 2.15. The van der Waals surface area contributed by atoms with Crippen molar-refractivity contribution in [2.45, 2.75) is 6.92 Å². The number of aromatic nitrogens is 4. The maximum Gasteiger partial charge on any atom is 0.291 e. The summed E-state index contributed by atoms with van der Waals surface area (Å²) in [5, 5.41) is 8.89. The first-order valence-electron chi connectivity index (χ1n) is 6.12. The number of aromatic amines is 2. The molecule has 0 bridgehead atoms. The molecule has 102 valence electrons. The van der Waals surface area contributed by atoms with Crippen LogP contribution < -0.4 is 15.9 Å². The molecule has 0 aliphatic carbocycles. The van der Waals surface area contributed by atoms with Gasteiger partial charge in [-0.2, -0.15) is 5.10 Å². The van der Waals surface area contributed by atoms with Crippen LogP contribution in [-0.4, -0.2) is 26.6 Å². The Hall–Kier alpha value is -2.83. The van der Waals surface area contributed by atoms with Gasteiger partial charge in [-0.25, -0.2) is 4.68 Å². The van der Waals surface area contributed by atoms with E-state index in [9.17, 15) is 9.59 Å². The molecule has 0 amide bonds. The third-order valence-corrected chi connectivity index (χ3v) is 2.88. The van der Waals surface area contributed by atoms with Crippen molar-refractivity contribution in [1.29, 1.82) is 0 Å². The van der Waals surface area contributed by atoms with Gasteiger partial charge in [-0.3, -0.25) is 19.8 Å². The van der Waals surface area contributed by atoms with E-state index < -0.39 is 5.56 Å². The zero-order chi connectivity index (χ0) is 14.1. The number of hydrogen-bond acceptors (Lipinski definition) is 4. The van der Waals surface area contributed by atoms with Crippen molar-refractivity contribution in [2.75, 3.05) is 6.61 Å². The monoisotopic (exact) mass is 272 g/mol.